The van der Waals surface area contributed by atoms with E-state index >= 15 is 0 Å². The molecule has 2 N–H and O–H groups in total. The quantitative estimate of drug-likeness (QED) is 0.584. The van der Waals surface area contributed by atoms with E-state index in [9.17, 15) is 0 Å². The highest BCUT2D eigenvalue weighted by atomic mass is 35.5. The average molecular weight is 381 g/mol. The highest BCUT2D eigenvalue weighted by molar-refractivity contribution is 6.31. The Kier molecular flexibility index (Phi) is 7.55. The van der Waals surface area contributed by atoms with Gasteiger partial charge in [0.05, 0.1) is 25.4 Å². The third kappa shape index (κ3) is 5.33. The Morgan fingerprint density at radius 2 is 2.08 bits per heavy atom. The maximum Gasteiger partial charge on any atom is 0.191 e. The molecule has 144 valence electrons. The minimum Gasteiger partial charge on any atom is -0.379 e. The first kappa shape index (κ1) is 19.4. The normalized spacial score (nSPS) is 23.0. The van der Waals surface area contributed by atoms with Crippen LogP contribution in [0.15, 0.2) is 29.3 Å². The lowest BCUT2D eigenvalue weighted by atomic mass is 10.0. The summed E-state index contributed by atoms with van der Waals surface area (Å²) in [5, 5.41) is 7.63. The Hall–Kier alpha value is -1.34. The van der Waals surface area contributed by atoms with Gasteiger partial charge in [-0.1, -0.05) is 29.8 Å². The van der Waals surface area contributed by atoms with E-state index in [1.165, 1.54) is 0 Å². The molecular formula is C19H29ClN4O2. The second kappa shape index (κ2) is 10.1. The highest BCUT2D eigenvalue weighted by Crippen LogP contribution is 2.27. The summed E-state index contributed by atoms with van der Waals surface area (Å²) >= 11 is 6.49. The van der Waals surface area contributed by atoms with Gasteiger partial charge in [0.15, 0.2) is 5.96 Å². The highest BCUT2D eigenvalue weighted by Gasteiger charge is 2.24. The van der Waals surface area contributed by atoms with Crippen LogP contribution in [0.25, 0.3) is 0 Å². The summed E-state index contributed by atoms with van der Waals surface area (Å²) in [7, 11) is 1.80. The van der Waals surface area contributed by atoms with Gasteiger partial charge in [0.2, 0.25) is 0 Å². The molecule has 2 heterocycles. The average Bonchev–Trinajstić information content (AvgIpc) is 3.20. The number of halogens is 1. The van der Waals surface area contributed by atoms with Crippen molar-refractivity contribution in [3.8, 4) is 0 Å². The Bertz CT molecular complexity index is 587. The first-order valence-electron chi connectivity index (χ1n) is 9.40. The summed E-state index contributed by atoms with van der Waals surface area (Å²) in [6.45, 7) is 5.70. The van der Waals surface area contributed by atoms with E-state index in [1.807, 2.05) is 18.2 Å². The largest absolute Gasteiger partial charge is 0.379 e. The van der Waals surface area contributed by atoms with Gasteiger partial charge >= 0.3 is 0 Å². The summed E-state index contributed by atoms with van der Waals surface area (Å²) in [6.07, 6.45) is 2.54. The molecule has 1 aromatic rings. The van der Waals surface area contributed by atoms with Crippen LogP contribution in [0, 0.1) is 0 Å². The van der Waals surface area contributed by atoms with Crippen molar-refractivity contribution in [2.45, 2.75) is 25.0 Å². The van der Waals surface area contributed by atoms with E-state index in [4.69, 9.17) is 21.1 Å². The number of benzene rings is 1. The Morgan fingerprint density at radius 1 is 1.27 bits per heavy atom. The van der Waals surface area contributed by atoms with Gasteiger partial charge in [-0.25, -0.2) is 0 Å². The standard InChI is InChI=1S/C19H29ClN4O2/c1-21-19(22-13-15-5-4-10-26-15)23-14-18(24-8-11-25-12-9-24)16-6-2-3-7-17(16)20/h2-3,6-7,15,18H,4-5,8-14H2,1H3,(H2,21,22,23). The van der Waals surface area contributed by atoms with Crippen molar-refractivity contribution in [1.29, 1.82) is 0 Å². The van der Waals surface area contributed by atoms with Crippen molar-refractivity contribution in [2.24, 2.45) is 4.99 Å². The smallest absolute Gasteiger partial charge is 0.191 e. The van der Waals surface area contributed by atoms with Crippen LogP contribution in [-0.4, -0.2) is 70.0 Å². The molecule has 0 aliphatic carbocycles. The van der Waals surface area contributed by atoms with Gasteiger partial charge in [-0.2, -0.15) is 0 Å². The zero-order valence-electron chi connectivity index (χ0n) is 15.4. The predicted molar refractivity (Wildman–Crippen MR) is 105 cm³/mol. The second-order valence-electron chi connectivity index (χ2n) is 6.65. The van der Waals surface area contributed by atoms with E-state index in [1.54, 1.807) is 7.05 Å². The SMILES string of the molecule is CN=C(NCC1CCCO1)NCC(c1ccccc1Cl)N1CCOCC1. The Labute approximate surface area is 160 Å². The zero-order chi connectivity index (χ0) is 18.2. The Balaban J connectivity index is 1.61. The molecule has 2 aliphatic rings. The molecule has 2 unspecified atom stereocenters. The number of morpholine rings is 1. The van der Waals surface area contributed by atoms with E-state index in [-0.39, 0.29) is 12.1 Å². The summed E-state index contributed by atoms with van der Waals surface area (Å²) < 4.78 is 11.2. The molecule has 26 heavy (non-hydrogen) atoms. The molecule has 2 saturated heterocycles. The maximum atomic E-state index is 6.49. The molecule has 0 saturated carbocycles. The first-order valence-corrected chi connectivity index (χ1v) is 9.78. The van der Waals surface area contributed by atoms with E-state index in [0.29, 0.717) is 0 Å². The first-order chi connectivity index (χ1) is 12.8. The monoisotopic (exact) mass is 380 g/mol. The van der Waals surface area contributed by atoms with Crippen LogP contribution in [0.1, 0.15) is 24.4 Å². The molecule has 1 aromatic carbocycles. The molecule has 6 nitrogen and oxygen atoms in total. The summed E-state index contributed by atoms with van der Waals surface area (Å²) in [6, 6.07) is 8.24. The van der Waals surface area contributed by atoms with Crippen LogP contribution in [-0.2, 0) is 9.47 Å². The minimum atomic E-state index is 0.175. The van der Waals surface area contributed by atoms with Crippen LogP contribution >= 0.6 is 11.6 Å². The zero-order valence-corrected chi connectivity index (χ0v) is 16.2. The van der Waals surface area contributed by atoms with Crippen molar-refractivity contribution in [3.63, 3.8) is 0 Å². The van der Waals surface area contributed by atoms with Gasteiger partial charge in [0, 0.05) is 44.9 Å². The minimum absolute atomic E-state index is 0.175. The molecule has 0 bridgehead atoms. The molecule has 2 fully saturated rings. The van der Waals surface area contributed by atoms with Crippen LogP contribution in [0.5, 0.6) is 0 Å². The van der Waals surface area contributed by atoms with Crippen LogP contribution in [0.2, 0.25) is 5.02 Å². The van der Waals surface area contributed by atoms with Gasteiger partial charge in [-0.3, -0.25) is 9.89 Å². The molecule has 7 heteroatoms. The topological polar surface area (TPSA) is 58.1 Å². The number of ether oxygens (including phenoxy) is 2. The van der Waals surface area contributed by atoms with Gasteiger partial charge in [-0.15, -0.1) is 0 Å². The number of nitrogens with one attached hydrogen (secondary N) is 2. The summed E-state index contributed by atoms with van der Waals surface area (Å²) in [4.78, 5) is 6.77. The number of hydrogen-bond acceptors (Lipinski definition) is 4. The van der Waals surface area contributed by atoms with Gasteiger partial charge in [0.1, 0.15) is 0 Å². The molecule has 3 rings (SSSR count). The lowest BCUT2D eigenvalue weighted by Gasteiger charge is -2.35. The summed E-state index contributed by atoms with van der Waals surface area (Å²) in [5.41, 5.74) is 1.14. The van der Waals surface area contributed by atoms with Crippen molar-refractivity contribution in [2.75, 3.05) is 53.0 Å². The molecule has 2 aliphatic heterocycles. The number of aliphatic imine (C=N–C) groups is 1. The number of rotatable bonds is 6. The van der Waals surface area contributed by atoms with Gasteiger partial charge < -0.3 is 20.1 Å². The lowest BCUT2D eigenvalue weighted by molar-refractivity contribution is 0.0170. The number of nitrogens with zero attached hydrogens (tertiary/aromatic N) is 2. The van der Waals surface area contributed by atoms with Crippen molar-refractivity contribution >= 4 is 17.6 Å². The third-order valence-electron chi connectivity index (χ3n) is 4.96. The second-order valence-corrected chi connectivity index (χ2v) is 7.06. The molecule has 2 atom stereocenters. The number of guanidine groups is 1. The fraction of sp³-hybridized carbons (Fsp3) is 0.632. The molecule has 0 radical (unpaired) electrons. The molecule has 0 amide bonds. The van der Waals surface area contributed by atoms with Crippen LogP contribution in [0.4, 0.5) is 0 Å². The number of hydrogen-bond donors (Lipinski definition) is 2. The Morgan fingerprint density at radius 3 is 2.77 bits per heavy atom. The van der Waals surface area contributed by atoms with Gasteiger partial charge in [-0.05, 0) is 24.5 Å². The van der Waals surface area contributed by atoms with Crippen molar-refractivity contribution in [3.05, 3.63) is 34.9 Å². The van der Waals surface area contributed by atoms with Crippen molar-refractivity contribution < 1.29 is 9.47 Å². The fourth-order valence-electron chi connectivity index (χ4n) is 3.50. The van der Waals surface area contributed by atoms with E-state index < -0.39 is 0 Å². The maximum absolute atomic E-state index is 6.49. The van der Waals surface area contributed by atoms with Crippen LogP contribution < -0.4 is 10.6 Å². The summed E-state index contributed by atoms with van der Waals surface area (Å²) in [5.74, 6) is 0.797. The van der Waals surface area contributed by atoms with E-state index in [0.717, 1.165) is 75.4 Å². The molecule has 0 spiro atoms. The predicted octanol–water partition coefficient (Wildman–Crippen LogP) is 2.06. The van der Waals surface area contributed by atoms with Crippen molar-refractivity contribution in [1.82, 2.24) is 15.5 Å². The fourth-order valence-corrected chi connectivity index (χ4v) is 3.76. The molecule has 0 aromatic heterocycles. The van der Waals surface area contributed by atoms with Crippen LogP contribution in [0.3, 0.4) is 0 Å². The lowest BCUT2D eigenvalue weighted by Crippen LogP contribution is -2.47. The van der Waals surface area contributed by atoms with Gasteiger partial charge in [0.25, 0.3) is 0 Å². The van der Waals surface area contributed by atoms with E-state index in [2.05, 4.69) is 26.6 Å². The third-order valence-corrected chi connectivity index (χ3v) is 5.30. The molecular weight excluding hydrogens is 352 g/mol.